The number of nitrogens with zero attached hydrogens (tertiary/aromatic N) is 1. The summed E-state index contributed by atoms with van der Waals surface area (Å²) in [5.74, 6) is 0.691. The third kappa shape index (κ3) is 4.52. The van der Waals surface area contributed by atoms with Crippen molar-refractivity contribution in [1.29, 1.82) is 0 Å². The van der Waals surface area contributed by atoms with Crippen LogP contribution in [0.1, 0.15) is 51.6 Å². The highest BCUT2D eigenvalue weighted by molar-refractivity contribution is 5.21. The lowest BCUT2D eigenvalue weighted by Crippen LogP contribution is -2.42. The molecule has 1 aliphatic heterocycles. The zero-order valence-corrected chi connectivity index (χ0v) is 13.6. The number of rotatable bonds is 6. The Hall–Kier alpha value is -0.930. The van der Waals surface area contributed by atoms with Gasteiger partial charge in [-0.25, -0.2) is 4.39 Å². The van der Waals surface area contributed by atoms with Crippen molar-refractivity contribution in [3.63, 3.8) is 0 Å². The molecule has 0 radical (unpaired) electrons. The van der Waals surface area contributed by atoms with E-state index < -0.39 is 0 Å². The van der Waals surface area contributed by atoms with Gasteiger partial charge in [0, 0.05) is 30.7 Å². The van der Waals surface area contributed by atoms with Crippen molar-refractivity contribution in [2.75, 3.05) is 19.6 Å². The number of hydrogen-bond donors (Lipinski definition) is 1. The average molecular weight is 292 g/mol. The van der Waals surface area contributed by atoms with Crippen LogP contribution < -0.4 is 5.32 Å². The predicted molar refractivity (Wildman–Crippen MR) is 86.9 cm³/mol. The van der Waals surface area contributed by atoms with E-state index in [1.807, 2.05) is 12.1 Å². The van der Waals surface area contributed by atoms with Gasteiger partial charge in [0.15, 0.2) is 0 Å². The third-order valence-electron chi connectivity index (χ3n) is 4.68. The van der Waals surface area contributed by atoms with E-state index in [2.05, 4.69) is 31.0 Å². The standard InChI is InChI=1S/C18H29FN2/c1-4-20-18(16-7-5-6-8-17(16)19)11-12-21-13-14(2)9-10-15(21)3/h5-8,14-15,18,20H,4,9-13H2,1-3H3. The Morgan fingerprint density at radius 3 is 2.76 bits per heavy atom. The van der Waals surface area contributed by atoms with Gasteiger partial charge in [-0.3, -0.25) is 0 Å². The van der Waals surface area contributed by atoms with E-state index in [1.54, 1.807) is 12.1 Å². The van der Waals surface area contributed by atoms with Crippen molar-refractivity contribution < 1.29 is 4.39 Å². The van der Waals surface area contributed by atoms with Gasteiger partial charge in [-0.05, 0) is 44.7 Å². The summed E-state index contributed by atoms with van der Waals surface area (Å²) in [6, 6.07) is 7.92. The summed E-state index contributed by atoms with van der Waals surface area (Å²) in [6.07, 6.45) is 3.58. The molecule has 0 amide bonds. The molecule has 3 unspecified atom stereocenters. The molecular formula is C18H29FN2. The first-order chi connectivity index (χ1) is 10.1. The first-order valence-corrected chi connectivity index (χ1v) is 8.33. The van der Waals surface area contributed by atoms with Gasteiger partial charge in [0.05, 0.1) is 0 Å². The van der Waals surface area contributed by atoms with E-state index in [0.717, 1.165) is 31.0 Å². The van der Waals surface area contributed by atoms with Gasteiger partial charge in [0.2, 0.25) is 0 Å². The molecule has 1 aromatic rings. The van der Waals surface area contributed by atoms with Gasteiger partial charge in [0.1, 0.15) is 5.82 Å². The van der Waals surface area contributed by atoms with Crippen molar-refractivity contribution in [2.24, 2.45) is 5.92 Å². The fraction of sp³-hybridized carbons (Fsp3) is 0.667. The molecule has 0 aromatic heterocycles. The van der Waals surface area contributed by atoms with Crippen LogP contribution >= 0.6 is 0 Å². The van der Waals surface area contributed by atoms with Gasteiger partial charge < -0.3 is 10.2 Å². The second-order valence-corrected chi connectivity index (χ2v) is 6.45. The summed E-state index contributed by atoms with van der Waals surface area (Å²) in [7, 11) is 0. The minimum Gasteiger partial charge on any atom is -0.310 e. The highest BCUT2D eigenvalue weighted by atomic mass is 19.1. The molecule has 0 bridgehead atoms. The molecule has 1 N–H and O–H groups in total. The summed E-state index contributed by atoms with van der Waals surface area (Å²) >= 11 is 0. The summed E-state index contributed by atoms with van der Waals surface area (Å²) in [6.45, 7) is 9.81. The number of piperidine rings is 1. The van der Waals surface area contributed by atoms with Crippen LogP contribution in [0, 0.1) is 11.7 Å². The molecular weight excluding hydrogens is 263 g/mol. The number of nitrogens with one attached hydrogen (secondary N) is 1. The number of likely N-dealkylation sites (tertiary alicyclic amines) is 1. The first kappa shape index (κ1) is 16.4. The fourth-order valence-corrected chi connectivity index (χ4v) is 3.36. The molecule has 118 valence electrons. The molecule has 3 atom stereocenters. The van der Waals surface area contributed by atoms with Crippen LogP contribution in [-0.2, 0) is 0 Å². The number of benzene rings is 1. The molecule has 1 fully saturated rings. The SMILES string of the molecule is CCNC(CCN1CC(C)CCC1C)c1ccccc1F. The quantitative estimate of drug-likeness (QED) is 0.853. The summed E-state index contributed by atoms with van der Waals surface area (Å²) in [5, 5.41) is 3.44. The normalized spacial score (nSPS) is 25.0. The minimum atomic E-state index is -0.0940. The van der Waals surface area contributed by atoms with Crippen molar-refractivity contribution >= 4 is 0 Å². The van der Waals surface area contributed by atoms with Gasteiger partial charge in [-0.2, -0.15) is 0 Å². The van der Waals surface area contributed by atoms with Gasteiger partial charge >= 0.3 is 0 Å². The van der Waals surface area contributed by atoms with Crippen molar-refractivity contribution in [3.8, 4) is 0 Å². The van der Waals surface area contributed by atoms with E-state index in [4.69, 9.17) is 0 Å². The summed E-state index contributed by atoms with van der Waals surface area (Å²) in [5.41, 5.74) is 0.803. The largest absolute Gasteiger partial charge is 0.310 e. The van der Waals surface area contributed by atoms with Crippen molar-refractivity contribution in [1.82, 2.24) is 10.2 Å². The highest BCUT2D eigenvalue weighted by Gasteiger charge is 2.24. The first-order valence-electron chi connectivity index (χ1n) is 8.33. The van der Waals surface area contributed by atoms with Gasteiger partial charge in [-0.15, -0.1) is 0 Å². The number of hydrogen-bond acceptors (Lipinski definition) is 2. The Balaban J connectivity index is 1.98. The molecule has 0 spiro atoms. The van der Waals surface area contributed by atoms with E-state index in [0.29, 0.717) is 6.04 Å². The zero-order chi connectivity index (χ0) is 15.2. The van der Waals surface area contributed by atoms with Crippen LogP contribution in [0.5, 0.6) is 0 Å². The van der Waals surface area contributed by atoms with E-state index >= 15 is 0 Å². The lowest BCUT2D eigenvalue weighted by atomic mass is 9.94. The van der Waals surface area contributed by atoms with Gasteiger partial charge in [0.25, 0.3) is 0 Å². The zero-order valence-electron chi connectivity index (χ0n) is 13.6. The summed E-state index contributed by atoms with van der Waals surface area (Å²) < 4.78 is 14.0. The second-order valence-electron chi connectivity index (χ2n) is 6.45. The Morgan fingerprint density at radius 2 is 2.05 bits per heavy atom. The fourth-order valence-electron chi connectivity index (χ4n) is 3.36. The van der Waals surface area contributed by atoms with Crippen LogP contribution in [0.2, 0.25) is 0 Å². The molecule has 0 saturated carbocycles. The molecule has 2 nitrogen and oxygen atoms in total. The smallest absolute Gasteiger partial charge is 0.127 e. The third-order valence-corrected chi connectivity index (χ3v) is 4.68. The van der Waals surface area contributed by atoms with Crippen LogP contribution in [-0.4, -0.2) is 30.6 Å². The molecule has 21 heavy (non-hydrogen) atoms. The van der Waals surface area contributed by atoms with E-state index in [-0.39, 0.29) is 11.9 Å². The lowest BCUT2D eigenvalue weighted by molar-refractivity contribution is 0.119. The summed E-state index contributed by atoms with van der Waals surface area (Å²) in [4.78, 5) is 2.57. The van der Waals surface area contributed by atoms with Crippen molar-refractivity contribution in [3.05, 3.63) is 35.6 Å². The number of halogens is 1. The maximum Gasteiger partial charge on any atom is 0.127 e. The molecule has 1 aliphatic rings. The maximum absolute atomic E-state index is 14.0. The van der Waals surface area contributed by atoms with Gasteiger partial charge in [-0.1, -0.05) is 32.0 Å². The monoisotopic (exact) mass is 292 g/mol. The molecule has 1 aromatic carbocycles. The maximum atomic E-state index is 14.0. The van der Waals surface area contributed by atoms with Crippen LogP contribution in [0.4, 0.5) is 4.39 Å². The molecule has 2 rings (SSSR count). The minimum absolute atomic E-state index is 0.0940. The predicted octanol–water partition coefficient (Wildman–Crippen LogP) is 3.99. The van der Waals surface area contributed by atoms with Crippen LogP contribution in [0.3, 0.4) is 0 Å². The van der Waals surface area contributed by atoms with Crippen LogP contribution in [0.15, 0.2) is 24.3 Å². The molecule has 1 saturated heterocycles. The topological polar surface area (TPSA) is 15.3 Å². The Morgan fingerprint density at radius 1 is 1.29 bits per heavy atom. The highest BCUT2D eigenvalue weighted by Crippen LogP contribution is 2.25. The average Bonchev–Trinajstić information content (AvgIpc) is 2.47. The Kier molecular flexibility index (Phi) is 6.19. The lowest BCUT2D eigenvalue weighted by Gasteiger charge is -2.37. The van der Waals surface area contributed by atoms with Crippen molar-refractivity contribution in [2.45, 2.75) is 52.1 Å². The second kappa shape index (κ2) is 7.90. The molecule has 1 heterocycles. The Bertz CT molecular complexity index is 435. The Labute approximate surface area is 128 Å². The molecule has 3 heteroatoms. The molecule has 0 aliphatic carbocycles. The van der Waals surface area contributed by atoms with E-state index in [9.17, 15) is 4.39 Å². The van der Waals surface area contributed by atoms with E-state index in [1.165, 1.54) is 19.4 Å². The van der Waals surface area contributed by atoms with Crippen LogP contribution in [0.25, 0.3) is 0 Å².